The maximum absolute atomic E-state index is 6.13. The number of imidazole rings is 1. The summed E-state index contributed by atoms with van der Waals surface area (Å²) in [5.74, 6) is 2.69. The molecule has 0 amide bonds. The van der Waals surface area contributed by atoms with Gasteiger partial charge in [0.1, 0.15) is 11.6 Å². The molecule has 1 aliphatic heterocycles. The van der Waals surface area contributed by atoms with Gasteiger partial charge >= 0.3 is 0 Å². The van der Waals surface area contributed by atoms with Crippen LogP contribution in [0.1, 0.15) is 47.4 Å². The zero-order valence-corrected chi connectivity index (χ0v) is 22.2. The van der Waals surface area contributed by atoms with Crippen molar-refractivity contribution in [3.8, 4) is 11.1 Å². The van der Waals surface area contributed by atoms with Crippen LogP contribution in [0.5, 0.6) is 0 Å². The SMILES string of the molecule is CSC(Cc1ccc(Cl)cc1)c1nc2cc(-c3c(C)noc3C)ccc2n1CCC1CCOCC1. The quantitative estimate of drug-likeness (QED) is 0.247. The summed E-state index contributed by atoms with van der Waals surface area (Å²) < 4.78 is 13.5. The van der Waals surface area contributed by atoms with Gasteiger partial charge in [-0.05, 0) is 87.1 Å². The molecule has 4 aromatic rings. The molecule has 2 aromatic heterocycles. The second-order valence-electron chi connectivity index (χ2n) is 9.42. The van der Waals surface area contributed by atoms with Crippen LogP contribution in [-0.4, -0.2) is 34.2 Å². The lowest BCUT2D eigenvalue weighted by atomic mass is 9.96. The minimum atomic E-state index is 0.251. The molecule has 1 aliphatic rings. The van der Waals surface area contributed by atoms with E-state index in [1.165, 1.54) is 11.1 Å². The number of rotatable bonds is 8. The van der Waals surface area contributed by atoms with Crippen molar-refractivity contribution in [3.05, 3.63) is 70.3 Å². The minimum Gasteiger partial charge on any atom is -0.381 e. The normalized spacial score (nSPS) is 15.7. The zero-order valence-electron chi connectivity index (χ0n) is 20.6. The summed E-state index contributed by atoms with van der Waals surface area (Å²) in [4.78, 5) is 5.23. The van der Waals surface area contributed by atoms with Gasteiger partial charge < -0.3 is 13.8 Å². The third-order valence-electron chi connectivity index (χ3n) is 7.11. The van der Waals surface area contributed by atoms with Crippen LogP contribution < -0.4 is 0 Å². The third-order valence-corrected chi connectivity index (χ3v) is 8.31. The summed E-state index contributed by atoms with van der Waals surface area (Å²) in [6.07, 6.45) is 6.53. The first-order valence-electron chi connectivity index (χ1n) is 12.3. The molecule has 184 valence electrons. The van der Waals surface area contributed by atoms with Gasteiger partial charge in [-0.3, -0.25) is 0 Å². The fraction of sp³-hybridized carbons (Fsp3) is 0.429. The van der Waals surface area contributed by atoms with Gasteiger partial charge in [0, 0.05) is 30.3 Å². The molecule has 7 heteroatoms. The van der Waals surface area contributed by atoms with Crippen LogP contribution in [0.3, 0.4) is 0 Å². The van der Waals surface area contributed by atoms with E-state index in [-0.39, 0.29) is 5.25 Å². The minimum absolute atomic E-state index is 0.251. The number of nitrogens with zero attached hydrogens (tertiary/aromatic N) is 3. The lowest BCUT2D eigenvalue weighted by Gasteiger charge is -2.23. The molecule has 35 heavy (non-hydrogen) atoms. The molecule has 1 fully saturated rings. The number of aromatic nitrogens is 3. The van der Waals surface area contributed by atoms with Crippen molar-refractivity contribution in [1.29, 1.82) is 0 Å². The van der Waals surface area contributed by atoms with E-state index >= 15 is 0 Å². The van der Waals surface area contributed by atoms with Gasteiger partial charge in [0.25, 0.3) is 0 Å². The summed E-state index contributed by atoms with van der Waals surface area (Å²) in [5, 5.41) is 5.17. The van der Waals surface area contributed by atoms with Gasteiger partial charge in [-0.15, -0.1) is 0 Å². The molecule has 2 aromatic carbocycles. The van der Waals surface area contributed by atoms with Crippen LogP contribution >= 0.6 is 23.4 Å². The van der Waals surface area contributed by atoms with Crippen molar-refractivity contribution in [2.75, 3.05) is 19.5 Å². The van der Waals surface area contributed by atoms with Crippen LogP contribution in [-0.2, 0) is 17.7 Å². The number of fused-ring (bicyclic) bond motifs is 1. The highest BCUT2D eigenvalue weighted by Crippen LogP contribution is 2.36. The summed E-state index contributed by atoms with van der Waals surface area (Å²) in [6, 6.07) is 14.8. The van der Waals surface area contributed by atoms with Gasteiger partial charge in [-0.2, -0.15) is 11.8 Å². The smallest absolute Gasteiger partial charge is 0.141 e. The Hall–Kier alpha value is -2.28. The van der Waals surface area contributed by atoms with E-state index in [1.54, 1.807) is 0 Å². The first-order chi connectivity index (χ1) is 17.0. The Balaban J connectivity index is 1.52. The van der Waals surface area contributed by atoms with E-state index in [0.717, 1.165) is 84.4 Å². The molecule has 0 bridgehead atoms. The number of benzene rings is 2. The van der Waals surface area contributed by atoms with Crippen LogP contribution in [0.15, 0.2) is 47.0 Å². The first kappa shape index (κ1) is 24.4. The summed E-state index contributed by atoms with van der Waals surface area (Å²) in [5.41, 5.74) is 6.57. The molecule has 0 spiro atoms. The van der Waals surface area contributed by atoms with Crippen LogP contribution in [0.2, 0.25) is 5.02 Å². The highest BCUT2D eigenvalue weighted by molar-refractivity contribution is 7.98. The van der Waals surface area contributed by atoms with Crippen LogP contribution in [0, 0.1) is 19.8 Å². The van der Waals surface area contributed by atoms with E-state index in [9.17, 15) is 0 Å². The topological polar surface area (TPSA) is 53.1 Å². The highest BCUT2D eigenvalue weighted by Gasteiger charge is 2.23. The summed E-state index contributed by atoms with van der Waals surface area (Å²) >= 11 is 7.99. The second kappa shape index (κ2) is 10.8. The Labute approximate surface area is 216 Å². The monoisotopic (exact) mass is 509 g/mol. The lowest BCUT2D eigenvalue weighted by Crippen LogP contribution is -2.18. The standard InChI is InChI=1S/C28H32ClN3O2S/c1-18-27(19(2)34-31-18)22-6-9-25-24(17-22)30-28(32(25)13-10-20-11-14-33-15-12-20)26(35-3)16-21-4-7-23(29)8-5-21/h4-9,17,20,26H,10-16H2,1-3H3. The molecule has 1 unspecified atom stereocenters. The number of hydrogen-bond donors (Lipinski definition) is 0. The Morgan fingerprint density at radius 1 is 1.11 bits per heavy atom. The largest absolute Gasteiger partial charge is 0.381 e. The fourth-order valence-corrected chi connectivity index (χ4v) is 6.02. The Kier molecular flexibility index (Phi) is 7.51. The van der Waals surface area contributed by atoms with Gasteiger partial charge in [0.2, 0.25) is 0 Å². The van der Waals surface area contributed by atoms with E-state index < -0.39 is 0 Å². The van der Waals surface area contributed by atoms with E-state index in [0.29, 0.717) is 5.92 Å². The van der Waals surface area contributed by atoms with Crippen molar-refractivity contribution in [2.45, 2.75) is 51.3 Å². The maximum Gasteiger partial charge on any atom is 0.141 e. The number of thioether (sulfide) groups is 1. The molecule has 1 atom stereocenters. The molecule has 1 saturated heterocycles. The molecule has 5 nitrogen and oxygen atoms in total. The Bertz CT molecular complexity index is 1270. The zero-order chi connectivity index (χ0) is 24.4. The van der Waals surface area contributed by atoms with Crippen LogP contribution in [0.25, 0.3) is 22.2 Å². The fourth-order valence-electron chi connectivity index (χ4n) is 5.14. The van der Waals surface area contributed by atoms with Crippen molar-refractivity contribution in [2.24, 2.45) is 5.92 Å². The molecular weight excluding hydrogens is 478 g/mol. The molecule has 3 heterocycles. The lowest BCUT2D eigenvalue weighted by molar-refractivity contribution is 0.0626. The number of ether oxygens (including phenoxy) is 1. The molecule has 0 aliphatic carbocycles. The molecule has 5 rings (SSSR count). The van der Waals surface area contributed by atoms with Gasteiger partial charge in [0.05, 0.1) is 22.0 Å². The van der Waals surface area contributed by atoms with Crippen LogP contribution in [0.4, 0.5) is 0 Å². The van der Waals surface area contributed by atoms with Gasteiger partial charge in [-0.1, -0.05) is 35.0 Å². The molecule has 0 N–H and O–H groups in total. The van der Waals surface area contributed by atoms with E-state index in [1.807, 2.05) is 37.7 Å². The average Bonchev–Trinajstić information content (AvgIpc) is 3.41. The van der Waals surface area contributed by atoms with Crippen molar-refractivity contribution in [1.82, 2.24) is 14.7 Å². The number of aryl methyl sites for hydroxylation is 3. The molecular formula is C28H32ClN3O2S. The first-order valence-corrected chi connectivity index (χ1v) is 14.0. The summed E-state index contributed by atoms with van der Waals surface area (Å²) in [7, 11) is 0. The number of hydrogen-bond acceptors (Lipinski definition) is 5. The van der Waals surface area contributed by atoms with Gasteiger partial charge in [-0.25, -0.2) is 4.98 Å². The molecule has 0 saturated carbocycles. The van der Waals surface area contributed by atoms with Crippen molar-refractivity contribution >= 4 is 34.4 Å². The Morgan fingerprint density at radius 3 is 2.57 bits per heavy atom. The highest BCUT2D eigenvalue weighted by atomic mass is 35.5. The Morgan fingerprint density at radius 2 is 1.89 bits per heavy atom. The maximum atomic E-state index is 6.13. The number of halogens is 1. The van der Waals surface area contributed by atoms with Crippen molar-refractivity contribution in [3.63, 3.8) is 0 Å². The summed E-state index contributed by atoms with van der Waals surface area (Å²) in [6.45, 7) is 6.69. The molecule has 0 radical (unpaired) electrons. The second-order valence-corrected chi connectivity index (χ2v) is 10.9. The van der Waals surface area contributed by atoms with Gasteiger partial charge in [0.15, 0.2) is 0 Å². The third kappa shape index (κ3) is 5.30. The van der Waals surface area contributed by atoms with Crippen molar-refractivity contribution < 1.29 is 9.26 Å². The predicted octanol–water partition coefficient (Wildman–Crippen LogP) is 7.43. The van der Waals surface area contributed by atoms with E-state index in [4.69, 9.17) is 25.8 Å². The van der Waals surface area contributed by atoms with E-state index in [2.05, 4.69) is 46.3 Å². The predicted molar refractivity (Wildman–Crippen MR) is 144 cm³/mol. The average molecular weight is 510 g/mol.